The van der Waals surface area contributed by atoms with Gasteiger partial charge in [-0.15, -0.1) is 5.10 Å². The van der Waals surface area contributed by atoms with Crippen molar-refractivity contribution >= 4 is 17.4 Å². The van der Waals surface area contributed by atoms with E-state index in [2.05, 4.69) is 9.59 Å². The Hall–Kier alpha value is -1.01. The van der Waals surface area contributed by atoms with Crippen molar-refractivity contribution in [3.63, 3.8) is 0 Å². The highest BCUT2D eigenvalue weighted by Crippen LogP contribution is 2.20. The van der Waals surface area contributed by atoms with E-state index in [9.17, 15) is 9.90 Å². The highest BCUT2D eigenvalue weighted by atomic mass is 32.1. The molecule has 2 atom stereocenters. The van der Waals surface area contributed by atoms with E-state index in [1.54, 1.807) is 17.2 Å². The molecule has 0 radical (unpaired) electrons. The molecule has 88 valence electrons. The first kappa shape index (κ1) is 11.5. The van der Waals surface area contributed by atoms with Crippen molar-refractivity contribution in [1.29, 1.82) is 0 Å². The minimum atomic E-state index is -0.357. The molecule has 0 aromatic carbocycles. The Morgan fingerprint density at radius 1 is 1.75 bits per heavy atom. The summed E-state index contributed by atoms with van der Waals surface area (Å²) in [4.78, 5) is 13.7. The minimum Gasteiger partial charge on any atom is -0.393 e. The molecule has 1 amide bonds. The van der Waals surface area contributed by atoms with Gasteiger partial charge in [0.2, 0.25) is 0 Å². The summed E-state index contributed by atoms with van der Waals surface area (Å²) in [7, 11) is 0. The van der Waals surface area contributed by atoms with Crippen LogP contribution >= 0.6 is 11.5 Å². The fraction of sp³-hybridized carbons (Fsp3) is 0.700. The van der Waals surface area contributed by atoms with E-state index in [0.29, 0.717) is 12.2 Å². The maximum absolute atomic E-state index is 12.0. The zero-order valence-electron chi connectivity index (χ0n) is 9.17. The molecular formula is C10H15N3O2S. The molecule has 1 aromatic rings. The summed E-state index contributed by atoms with van der Waals surface area (Å²) in [5, 5.41) is 15.0. The van der Waals surface area contributed by atoms with Crippen molar-refractivity contribution in [2.45, 2.75) is 25.9 Å². The first-order chi connectivity index (χ1) is 7.68. The number of rotatable bonds is 2. The van der Waals surface area contributed by atoms with Gasteiger partial charge in [0.15, 0.2) is 5.69 Å². The molecule has 0 spiro atoms. The van der Waals surface area contributed by atoms with E-state index in [0.717, 1.165) is 19.4 Å². The molecule has 1 aromatic heterocycles. The molecule has 0 aliphatic carbocycles. The molecule has 0 saturated carbocycles. The number of carbonyl (C=O) groups is 1. The molecule has 1 aliphatic rings. The third-order valence-electron chi connectivity index (χ3n) is 3.01. The summed E-state index contributed by atoms with van der Waals surface area (Å²) in [5.41, 5.74) is 0.413. The van der Waals surface area contributed by atoms with Gasteiger partial charge < -0.3 is 10.0 Å². The second kappa shape index (κ2) is 4.88. The summed E-state index contributed by atoms with van der Waals surface area (Å²) < 4.78 is 3.69. The van der Waals surface area contributed by atoms with Gasteiger partial charge in [0.1, 0.15) is 0 Å². The molecular weight excluding hydrogens is 226 g/mol. The Bertz CT molecular complexity index is 353. The highest BCUT2D eigenvalue weighted by molar-refractivity contribution is 7.03. The van der Waals surface area contributed by atoms with Crippen molar-refractivity contribution in [3.8, 4) is 0 Å². The SMILES string of the molecule is CC(O)C1CCCN(C(=O)c2csnn2)C1. The second-order valence-electron chi connectivity index (χ2n) is 4.18. The van der Waals surface area contributed by atoms with Gasteiger partial charge >= 0.3 is 0 Å². The van der Waals surface area contributed by atoms with Gasteiger partial charge in [0, 0.05) is 24.4 Å². The summed E-state index contributed by atoms with van der Waals surface area (Å²) >= 11 is 1.18. The van der Waals surface area contributed by atoms with Crippen molar-refractivity contribution < 1.29 is 9.90 Å². The van der Waals surface area contributed by atoms with Crippen LogP contribution < -0.4 is 0 Å². The predicted octanol–water partition coefficient (Wildman–Crippen LogP) is 0.771. The molecule has 1 aliphatic heterocycles. The fourth-order valence-electron chi connectivity index (χ4n) is 2.01. The first-order valence-corrected chi connectivity index (χ1v) is 6.26. The molecule has 2 heterocycles. The van der Waals surface area contributed by atoms with E-state index in [1.807, 2.05) is 0 Å². The summed E-state index contributed by atoms with van der Waals surface area (Å²) in [6.07, 6.45) is 1.57. The smallest absolute Gasteiger partial charge is 0.275 e. The quantitative estimate of drug-likeness (QED) is 0.830. The zero-order valence-corrected chi connectivity index (χ0v) is 9.98. The number of piperidine rings is 1. The largest absolute Gasteiger partial charge is 0.393 e. The molecule has 0 bridgehead atoms. The van der Waals surface area contributed by atoms with Crippen LogP contribution in [-0.4, -0.2) is 44.7 Å². The Kier molecular flexibility index (Phi) is 3.50. The second-order valence-corrected chi connectivity index (χ2v) is 4.79. The predicted molar refractivity (Wildman–Crippen MR) is 60.2 cm³/mol. The maximum Gasteiger partial charge on any atom is 0.275 e. The highest BCUT2D eigenvalue weighted by Gasteiger charge is 2.27. The van der Waals surface area contributed by atoms with Crippen LogP contribution in [0.5, 0.6) is 0 Å². The standard InChI is InChI=1S/C10H15N3O2S/c1-7(14)8-3-2-4-13(5-8)10(15)9-6-16-12-11-9/h6-8,14H,2-5H2,1H3. The van der Waals surface area contributed by atoms with Crippen molar-refractivity contribution in [2.24, 2.45) is 5.92 Å². The summed E-state index contributed by atoms with van der Waals surface area (Å²) in [6, 6.07) is 0. The number of aliphatic hydroxyl groups excluding tert-OH is 1. The lowest BCUT2D eigenvalue weighted by molar-refractivity contribution is 0.0461. The van der Waals surface area contributed by atoms with Crippen LogP contribution in [0, 0.1) is 5.92 Å². The number of nitrogens with zero attached hydrogens (tertiary/aromatic N) is 3. The molecule has 16 heavy (non-hydrogen) atoms. The van der Waals surface area contributed by atoms with E-state index in [-0.39, 0.29) is 17.9 Å². The Morgan fingerprint density at radius 3 is 3.19 bits per heavy atom. The van der Waals surface area contributed by atoms with Gasteiger partial charge in [-0.3, -0.25) is 4.79 Å². The topological polar surface area (TPSA) is 66.3 Å². The van der Waals surface area contributed by atoms with Crippen LogP contribution in [0.4, 0.5) is 0 Å². The lowest BCUT2D eigenvalue weighted by Gasteiger charge is -2.33. The first-order valence-electron chi connectivity index (χ1n) is 5.43. The molecule has 1 fully saturated rings. The molecule has 6 heteroatoms. The van der Waals surface area contributed by atoms with Crippen molar-refractivity contribution in [2.75, 3.05) is 13.1 Å². The molecule has 2 unspecified atom stereocenters. The number of hydrogen-bond acceptors (Lipinski definition) is 5. The monoisotopic (exact) mass is 241 g/mol. The number of aliphatic hydroxyl groups is 1. The number of carbonyl (C=O) groups excluding carboxylic acids is 1. The lowest BCUT2D eigenvalue weighted by Crippen LogP contribution is -2.43. The molecule has 2 rings (SSSR count). The van der Waals surface area contributed by atoms with Crippen LogP contribution in [-0.2, 0) is 0 Å². The molecule has 5 nitrogen and oxygen atoms in total. The van der Waals surface area contributed by atoms with Crippen LogP contribution in [0.1, 0.15) is 30.3 Å². The summed E-state index contributed by atoms with van der Waals surface area (Å²) in [6.45, 7) is 3.15. The van der Waals surface area contributed by atoms with Crippen molar-refractivity contribution in [1.82, 2.24) is 14.5 Å². The Labute approximate surface area is 98.2 Å². The number of likely N-dealkylation sites (tertiary alicyclic amines) is 1. The van der Waals surface area contributed by atoms with Gasteiger partial charge in [-0.2, -0.15) is 0 Å². The number of hydrogen-bond donors (Lipinski definition) is 1. The number of aromatic nitrogens is 2. The maximum atomic E-state index is 12.0. The average molecular weight is 241 g/mol. The average Bonchev–Trinajstić information content (AvgIpc) is 2.81. The van der Waals surface area contributed by atoms with Gasteiger partial charge in [0.05, 0.1) is 6.10 Å². The van der Waals surface area contributed by atoms with Crippen LogP contribution in [0.25, 0.3) is 0 Å². The van der Waals surface area contributed by atoms with Gasteiger partial charge in [0.25, 0.3) is 5.91 Å². The molecule has 1 saturated heterocycles. The van der Waals surface area contributed by atoms with E-state index in [4.69, 9.17) is 0 Å². The lowest BCUT2D eigenvalue weighted by atomic mass is 9.93. The van der Waals surface area contributed by atoms with Gasteiger partial charge in [-0.1, -0.05) is 4.49 Å². The van der Waals surface area contributed by atoms with E-state index in [1.165, 1.54) is 11.5 Å². The van der Waals surface area contributed by atoms with Crippen LogP contribution in [0.15, 0.2) is 5.38 Å². The van der Waals surface area contributed by atoms with Gasteiger partial charge in [-0.05, 0) is 31.3 Å². The third kappa shape index (κ3) is 2.38. The van der Waals surface area contributed by atoms with Crippen LogP contribution in [0.2, 0.25) is 0 Å². The molecule has 1 N–H and O–H groups in total. The van der Waals surface area contributed by atoms with Crippen molar-refractivity contribution in [3.05, 3.63) is 11.1 Å². The number of amides is 1. The van der Waals surface area contributed by atoms with E-state index < -0.39 is 0 Å². The van der Waals surface area contributed by atoms with Crippen LogP contribution in [0.3, 0.4) is 0 Å². The van der Waals surface area contributed by atoms with E-state index >= 15 is 0 Å². The third-order valence-corrected chi connectivity index (χ3v) is 3.51. The normalized spacial score (nSPS) is 23.1. The minimum absolute atomic E-state index is 0.0703. The fourth-order valence-corrected chi connectivity index (χ4v) is 2.44. The Morgan fingerprint density at radius 2 is 2.56 bits per heavy atom. The Balaban J connectivity index is 2.02. The van der Waals surface area contributed by atoms with Gasteiger partial charge in [-0.25, -0.2) is 0 Å². The zero-order chi connectivity index (χ0) is 11.5. The summed E-state index contributed by atoms with van der Waals surface area (Å²) in [5.74, 6) is 0.114.